The van der Waals surface area contributed by atoms with E-state index in [0.717, 1.165) is 41.4 Å². The Hall–Kier alpha value is -1.63. The van der Waals surface area contributed by atoms with Gasteiger partial charge in [0.15, 0.2) is 0 Å². The molecule has 1 saturated carbocycles. The van der Waals surface area contributed by atoms with Gasteiger partial charge in [-0.05, 0) is 33.1 Å². The predicted octanol–water partition coefficient (Wildman–Crippen LogP) is 1.91. The molecule has 6 nitrogen and oxygen atoms in total. The van der Waals surface area contributed by atoms with Crippen LogP contribution in [0.25, 0.3) is 0 Å². The van der Waals surface area contributed by atoms with Crippen LogP contribution in [0.1, 0.15) is 34.8 Å². The summed E-state index contributed by atoms with van der Waals surface area (Å²) in [6.45, 7) is 7.20. The van der Waals surface area contributed by atoms with E-state index < -0.39 is 0 Å². The number of nitrogens with zero attached hydrogens (tertiary/aromatic N) is 3. The maximum absolute atomic E-state index is 12.4. The Bertz CT molecular complexity index is 597. The maximum atomic E-state index is 12.4. The minimum Gasteiger partial charge on any atom is -0.341 e. The summed E-state index contributed by atoms with van der Waals surface area (Å²) in [4.78, 5) is 33.8. The number of amides is 3. The third kappa shape index (κ3) is 4.02. The molecule has 0 atom stereocenters. The van der Waals surface area contributed by atoms with E-state index >= 15 is 0 Å². The first kappa shape index (κ1) is 16.2. The SMILES string of the molecule is Cc1nc(CNC(=O)N2CCCN(C(=O)C3CC3)CC2)c(C)s1. The van der Waals surface area contributed by atoms with Gasteiger partial charge in [-0.25, -0.2) is 9.78 Å². The molecule has 3 rings (SSSR count). The second-order valence-electron chi connectivity index (χ2n) is 6.33. The highest BCUT2D eigenvalue weighted by Crippen LogP contribution is 2.31. The molecule has 2 heterocycles. The highest BCUT2D eigenvalue weighted by molar-refractivity contribution is 7.11. The highest BCUT2D eigenvalue weighted by atomic mass is 32.1. The van der Waals surface area contributed by atoms with Crippen molar-refractivity contribution in [1.82, 2.24) is 20.1 Å². The average molecular weight is 336 g/mol. The molecule has 0 bridgehead atoms. The third-order valence-corrected chi connectivity index (χ3v) is 5.36. The zero-order valence-corrected chi connectivity index (χ0v) is 14.6. The van der Waals surface area contributed by atoms with Crippen molar-refractivity contribution < 1.29 is 9.59 Å². The molecule has 1 N–H and O–H groups in total. The number of hydrogen-bond donors (Lipinski definition) is 1. The fourth-order valence-corrected chi connectivity index (χ4v) is 3.77. The zero-order chi connectivity index (χ0) is 16.4. The number of hydrogen-bond acceptors (Lipinski definition) is 4. The molecule has 126 valence electrons. The van der Waals surface area contributed by atoms with Gasteiger partial charge in [0.05, 0.1) is 17.2 Å². The molecule has 0 unspecified atom stereocenters. The van der Waals surface area contributed by atoms with Crippen LogP contribution in [0.3, 0.4) is 0 Å². The third-order valence-electron chi connectivity index (χ3n) is 4.43. The van der Waals surface area contributed by atoms with E-state index in [9.17, 15) is 9.59 Å². The molecule has 0 radical (unpaired) electrons. The second-order valence-corrected chi connectivity index (χ2v) is 7.74. The predicted molar refractivity (Wildman–Crippen MR) is 89.3 cm³/mol. The van der Waals surface area contributed by atoms with Crippen molar-refractivity contribution in [2.24, 2.45) is 5.92 Å². The summed E-state index contributed by atoms with van der Waals surface area (Å²) in [7, 11) is 0. The number of urea groups is 1. The number of nitrogens with one attached hydrogen (secondary N) is 1. The molecule has 0 aromatic carbocycles. The molecule has 1 aliphatic heterocycles. The summed E-state index contributed by atoms with van der Waals surface area (Å²) in [6.07, 6.45) is 2.92. The summed E-state index contributed by atoms with van der Waals surface area (Å²) in [6, 6.07) is -0.0595. The van der Waals surface area contributed by atoms with Crippen molar-refractivity contribution in [2.75, 3.05) is 26.2 Å². The van der Waals surface area contributed by atoms with Crippen LogP contribution < -0.4 is 5.32 Å². The van der Waals surface area contributed by atoms with Crippen molar-refractivity contribution >= 4 is 23.3 Å². The van der Waals surface area contributed by atoms with Gasteiger partial charge in [0, 0.05) is 37.0 Å². The van der Waals surface area contributed by atoms with Gasteiger partial charge in [-0.1, -0.05) is 0 Å². The molecule has 0 spiro atoms. The monoisotopic (exact) mass is 336 g/mol. The number of carbonyl (C=O) groups is 2. The van der Waals surface area contributed by atoms with Gasteiger partial charge in [-0.15, -0.1) is 11.3 Å². The van der Waals surface area contributed by atoms with Crippen LogP contribution in [-0.2, 0) is 11.3 Å². The molecule has 2 aliphatic rings. The number of carbonyl (C=O) groups excluding carboxylic acids is 2. The van der Waals surface area contributed by atoms with Crippen molar-refractivity contribution in [3.63, 3.8) is 0 Å². The van der Waals surface area contributed by atoms with E-state index in [1.54, 1.807) is 11.3 Å². The van der Waals surface area contributed by atoms with Crippen LogP contribution in [0.4, 0.5) is 4.79 Å². The largest absolute Gasteiger partial charge is 0.341 e. The van der Waals surface area contributed by atoms with Gasteiger partial charge in [0.1, 0.15) is 0 Å². The highest BCUT2D eigenvalue weighted by Gasteiger charge is 2.34. The van der Waals surface area contributed by atoms with Crippen LogP contribution >= 0.6 is 11.3 Å². The molecular weight excluding hydrogens is 312 g/mol. The van der Waals surface area contributed by atoms with Crippen LogP contribution in [0.5, 0.6) is 0 Å². The summed E-state index contributed by atoms with van der Waals surface area (Å²) in [5.41, 5.74) is 0.946. The van der Waals surface area contributed by atoms with Crippen molar-refractivity contribution in [1.29, 1.82) is 0 Å². The molecule has 3 amide bonds. The Morgan fingerprint density at radius 2 is 1.87 bits per heavy atom. The summed E-state index contributed by atoms with van der Waals surface area (Å²) in [5.74, 6) is 0.534. The van der Waals surface area contributed by atoms with E-state index in [1.807, 2.05) is 23.6 Å². The quantitative estimate of drug-likeness (QED) is 0.917. The fraction of sp³-hybridized carbons (Fsp3) is 0.688. The smallest absolute Gasteiger partial charge is 0.317 e. The zero-order valence-electron chi connectivity index (χ0n) is 13.8. The Morgan fingerprint density at radius 3 is 2.52 bits per heavy atom. The minimum atomic E-state index is -0.0595. The Balaban J connectivity index is 1.49. The van der Waals surface area contributed by atoms with E-state index in [1.165, 1.54) is 0 Å². The Kier molecular flexibility index (Phi) is 4.84. The van der Waals surface area contributed by atoms with Gasteiger partial charge in [0.2, 0.25) is 5.91 Å². The molecule has 23 heavy (non-hydrogen) atoms. The lowest BCUT2D eigenvalue weighted by atomic mass is 10.3. The van der Waals surface area contributed by atoms with E-state index in [-0.39, 0.29) is 17.9 Å². The molecule has 1 aromatic rings. The number of aromatic nitrogens is 1. The lowest BCUT2D eigenvalue weighted by Gasteiger charge is -2.22. The van der Waals surface area contributed by atoms with E-state index in [2.05, 4.69) is 10.3 Å². The molecule has 7 heteroatoms. The van der Waals surface area contributed by atoms with Gasteiger partial charge >= 0.3 is 6.03 Å². The lowest BCUT2D eigenvalue weighted by Crippen LogP contribution is -2.42. The first-order valence-electron chi connectivity index (χ1n) is 8.29. The first-order valence-corrected chi connectivity index (χ1v) is 9.10. The standard InChI is InChI=1S/C16H24N4O2S/c1-11-14(18-12(2)23-11)10-17-16(22)20-7-3-6-19(8-9-20)15(21)13-4-5-13/h13H,3-10H2,1-2H3,(H,17,22). The Labute approximate surface area is 140 Å². The first-order chi connectivity index (χ1) is 11.0. The number of rotatable bonds is 3. The Morgan fingerprint density at radius 1 is 1.17 bits per heavy atom. The minimum absolute atomic E-state index is 0.0595. The number of aryl methyl sites for hydroxylation is 2. The number of thiazole rings is 1. The van der Waals surface area contributed by atoms with Crippen LogP contribution in [0, 0.1) is 19.8 Å². The van der Waals surface area contributed by atoms with Gasteiger partial charge < -0.3 is 15.1 Å². The molecule has 1 aliphatic carbocycles. The molecular formula is C16H24N4O2S. The summed E-state index contributed by atoms with van der Waals surface area (Å²) in [5, 5.41) is 3.98. The second kappa shape index (κ2) is 6.86. The molecule has 1 aromatic heterocycles. The van der Waals surface area contributed by atoms with Crippen molar-refractivity contribution in [3.8, 4) is 0 Å². The average Bonchev–Trinajstić information content (AvgIpc) is 3.32. The van der Waals surface area contributed by atoms with E-state index in [0.29, 0.717) is 26.2 Å². The van der Waals surface area contributed by atoms with Gasteiger partial charge in [-0.3, -0.25) is 4.79 Å². The van der Waals surface area contributed by atoms with Crippen LogP contribution in [0.2, 0.25) is 0 Å². The van der Waals surface area contributed by atoms with E-state index in [4.69, 9.17) is 0 Å². The maximum Gasteiger partial charge on any atom is 0.317 e. The van der Waals surface area contributed by atoms with Gasteiger partial charge in [-0.2, -0.15) is 0 Å². The lowest BCUT2D eigenvalue weighted by molar-refractivity contribution is -0.132. The van der Waals surface area contributed by atoms with Crippen molar-refractivity contribution in [2.45, 2.75) is 39.7 Å². The van der Waals surface area contributed by atoms with Gasteiger partial charge in [0.25, 0.3) is 0 Å². The molecule has 1 saturated heterocycles. The van der Waals surface area contributed by atoms with Crippen molar-refractivity contribution in [3.05, 3.63) is 15.6 Å². The van der Waals surface area contributed by atoms with Crippen LogP contribution in [-0.4, -0.2) is 52.9 Å². The molecule has 2 fully saturated rings. The summed E-state index contributed by atoms with van der Waals surface area (Å²) >= 11 is 1.65. The fourth-order valence-electron chi connectivity index (χ4n) is 2.94. The van der Waals surface area contributed by atoms with Crippen LogP contribution in [0.15, 0.2) is 0 Å². The summed E-state index contributed by atoms with van der Waals surface area (Å²) < 4.78 is 0. The normalized spacial score (nSPS) is 18.7. The topological polar surface area (TPSA) is 65.5 Å².